The second-order valence-electron chi connectivity index (χ2n) is 0.845. The molecule has 0 aromatic carbocycles. The van der Waals surface area contributed by atoms with Crippen molar-refractivity contribution in [3.8, 4) is 0 Å². The van der Waals surface area contributed by atoms with Crippen LogP contribution in [0.2, 0.25) is 0 Å². The minimum absolute atomic E-state index is 0.218. The van der Waals surface area contributed by atoms with Crippen molar-refractivity contribution in [1.82, 2.24) is 0 Å². The van der Waals surface area contributed by atoms with E-state index < -0.39 is 6.16 Å². The van der Waals surface area contributed by atoms with E-state index in [4.69, 9.17) is 0 Å². The molecule has 0 aromatic rings. The zero-order valence-corrected chi connectivity index (χ0v) is 6.00. The van der Waals surface area contributed by atoms with Crippen LogP contribution in [-0.2, 0) is 9.47 Å². The molecule has 0 unspecified atom stereocenters. The van der Waals surface area contributed by atoms with Crippen molar-refractivity contribution in [3.63, 3.8) is 0 Å². The number of hydrogen-bond donors (Lipinski definition) is 1. The van der Waals surface area contributed by atoms with Gasteiger partial charge >= 0.3 is 6.16 Å². The molecule has 0 aromatic heterocycles. The quantitative estimate of drug-likeness (QED) is 0.281. The van der Waals surface area contributed by atoms with Gasteiger partial charge in [-0.25, -0.2) is 4.79 Å². The van der Waals surface area contributed by atoms with E-state index in [9.17, 15) is 4.79 Å². The molecular weight excluding hydrogens is 148 g/mol. The van der Waals surface area contributed by atoms with Gasteiger partial charge in [0.05, 0.1) is 7.11 Å². The molecule has 0 amide bonds. The van der Waals surface area contributed by atoms with Gasteiger partial charge in [-0.15, -0.1) is 11.7 Å². The fraction of sp³-hybridized carbons (Fsp3) is 0.667. The highest BCUT2D eigenvalue weighted by molar-refractivity contribution is 8.68. The first-order chi connectivity index (χ1) is 3.81. The monoisotopic (exact) mass is 154 g/mol. The molecule has 48 valence electrons. The van der Waals surface area contributed by atoms with Crippen molar-refractivity contribution in [1.29, 1.82) is 0 Å². The predicted molar refractivity (Wildman–Crippen MR) is 34.9 cm³/mol. The first kappa shape index (κ1) is 7.97. The summed E-state index contributed by atoms with van der Waals surface area (Å²) >= 11 is 3.72. The molecule has 0 atom stereocenters. The first-order valence-corrected chi connectivity index (χ1v) is 3.82. The summed E-state index contributed by atoms with van der Waals surface area (Å²) in [5, 5.41) is 0. The SMILES string of the molecule is COC(=O)OCSS. The molecule has 5 heteroatoms. The zero-order chi connectivity index (χ0) is 6.41. The third kappa shape index (κ3) is 4.14. The van der Waals surface area contributed by atoms with Crippen LogP contribution in [0.4, 0.5) is 4.79 Å². The Balaban J connectivity index is 2.99. The lowest BCUT2D eigenvalue weighted by Gasteiger charge is -1.96. The molecular formula is C3H6O3S2. The lowest BCUT2D eigenvalue weighted by atomic mass is 11.3. The molecule has 0 radical (unpaired) electrons. The minimum atomic E-state index is -0.674. The van der Waals surface area contributed by atoms with Crippen LogP contribution in [0, 0.1) is 0 Å². The molecule has 0 aliphatic heterocycles. The molecule has 0 spiro atoms. The van der Waals surface area contributed by atoms with Crippen molar-refractivity contribution >= 4 is 28.6 Å². The smallest absolute Gasteiger partial charge is 0.438 e. The van der Waals surface area contributed by atoms with Crippen LogP contribution < -0.4 is 0 Å². The summed E-state index contributed by atoms with van der Waals surface area (Å²) in [6.45, 7) is 0. The van der Waals surface area contributed by atoms with E-state index in [1.54, 1.807) is 0 Å². The largest absolute Gasteiger partial charge is 0.508 e. The van der Waals surface area contributed by atoms with E-state index in [1.165, 1.54) is 7.11 Å². The van der Waals surface area contributed by atoms with Crippen LogP contribution in [0.5, 0.6) is 0 Å². The Morgan fingerprint density at radius 1 is 1.88 bits per heavy atom. The molecule has 3 nitrogen and oxygen atoms in total. The summed E-state index contributed by atoms with van der Waals surface area (Å²) in [7, 11) is 2.37. The molecule has 0 fully saturated rings. The normalized spacial score (nSPS) is 8.25. The standard InChI is InChI=1S/C3H6O3S2/c1-5-3(4)6-2-8-7/h7H,2H2,1H3. The molecule has 0 saturated heterocycles. The van der Waals surface area contributed by atoms with Gasteiger partial charge in [0.25, 0.3) is 0 Å². The van der Waals surface area contributed by atoms with Gasteiger partial charge in [-0.3, -0.25) is 0 Å². The van der Waals surface area contributed by atoms with E-state index in [2.05, 4.69) is 21.1 Å². The second-order valence-corrected chi connectivity index (χ2v) is 2.11. The van der Waals surface area contributed by atoms with E-state index >= 15 is 0 Å². The van der Waals surface area contributed by atoms with Crippen molar-refractivity contribution in [3.05, 3.63) is 0 Å². The van der Waals surface area contributed by atoms with E-state index in [0.717, 1.165) is 10.8 Å². The fourth-order valence-electron chi connectivity index (χ4n) is 0.133. The Kier molecular flexibility index (Phi) is 5.09. The Morgan fingerprint density at radius 3 is 2.88 bits per heavy atom. The van der Waals surface area contributed by atoms with E-state index in [1.807, 2.05) is 0 Å². The number of rotatable bonds is 2. The van der Waals surface area contributed by atoms with Gasteiger partial charge in [-0.2, -0.15) is 0 Å². The summed E-state index contributed by atoms with van der Waals surface area (Å²) in [4.78, 5) is 10.1. The first-order valence-electron chi connectivity index (χ1n) is 1.78. The summed E-state index contributed by atoms with van der Waals surface area (Å²) in [5.74, 6) is 0.218. The van der Waals surface area contributed by atoms with Gasteiger partial charge in [-0.1, -0.05) is 10.8 Å². The van der Waals surface area contributed by atoms with Gasteiger partial charge in [0.15, 0.2) is 5.94 Å². The van der Waals surface area contributed by atoms with Gasteiger partial charge in [0.1, 0.15) is 0 Å². The maximum atomic E-state index is 10.1. The number of hydrogen-bond acceptors (Lipinski definition) is 5. The molecule has 0 bridgehead atoms. The predicted octanol–water partition coefficient (Wildman–Crippen LogP) is 1.30. The summed E-state index contributed by atoms with van der Waals surface area (Å²) in [5.41, 5.74) is 0. The lowest BCUT2D eigenvalue weighted by Crippen LogP contribution is -2.01. The molecule has 0 aliphatic carbocycles. The topological polar surface area (TPSA) is 35.5 Å². The van der Waals surface area contributed by atoms with Crippen LogP contribution in [0.1, 0.15) is 0 Å². The summed E-state index contributed by atoms with van der Waals surface area (Å²) in [6, 6.07) is 0. The molecule has 0 saturated carbocycles. The van der Waals surface area contributed by atoms with E-state index in [0.29, 0.717) is 0 Å². The number of thiol groups is 1. The molecule has 0 aliphatic rings. The maximum Gasteiger partial charge on any atom is 0.508 e. The summed E-state index contributed by atoms with van der Waals surface area (Å²) < 4.78 is 8.51. The van der Waals surface area contributed by atoms with Gasteiger partial charge < -0.3 is 9.47 Å². The van der Waals surface area contributed by atoms with E-state index in [-0.39, 0.29) is 5.94 Å². The Morgan fingerprint density at radius 2 is 2.50 bits per heavy atom. The Labute approximate surface area is 56.5 Å². The van der Waals surface area contributed by atoms with Crippen LogP contribution in [-0.4, -0.2) is 19.2 Å². The van der Waals surface area contributed by atoms with Crippen molar-refractivity contribution in [2.75, 3.05) is 13.0 Å². The van der Waals surface area contributed by atoms with Crippen LogP contribution in [0.25, 0.3) is 0 Å². The number of methoxy groups -OCH3 is 1. The molecule has 0 heterocycles. The highest BCUT2D eigenvalue weighted by Crippen LogP contribution is 2.04. The average molecular weight is 154 g/mol. The van der Waals surface area contributed by atoms with Gasteiger partial charge in [-0.05, 0) is 0 Å². The number of carbonyl (C=O) groups is 1. The second kappa shape index (κ2) is 5.11. The Hall–Kier alpha value is -0.0300. The van der Waals surface area contributed by atoms with Crippen molar-refractivity contribution in [2.24, 2.45) is 0 Å². The van der Waals surface area contributed by atoms with Crippen molar-refractivity contribution in [2.45, 2.75) is 0 Å². The maximum absolute atomic E-state index is 10.1. The average Bonchev–Trinajstić information content (AvgIpc) is 1.83. The molecule has 0 N–H and O–H groups in total. The Bertz CT molecular complexity index is 74.9. The zero-order valence-electron chi connectivity index (χ0n) is 4.29. The highest BCUT2D eigenvalue weighted by atomic mass is 33.1. The summed E-state index contributed by atoms with van der Waals surface area (Å²) in [6.07, 6.45) is -0.674. The molecule has 8 heavy (non-hydrogen) atoms. The van der Waals surface area contributed by atoms with Crippen LogP contribution >= 0.6 is 22.5 Å². The number of carbonyl (C=O) groups excluding carboxylic acids is 1. The van der Waals surface area contributed by atoms with Crippen LogP contribution in [0.15, 0.2) is 0 Å². The van der Waals surface area contributed by atoms with Gasteiger partial charge in [0, 0.05) is 0 Å². The van der Waals surface area contributed by atoms with Crippen molar-refractivity contribution < 1.29 is 14.3 Å². The van der Waals surface area contributed by atoms with Crippen LogP contribution in [0.3, 0.4) is 0 Å². The fourth-order valence-corrected chi connectivity index (χ4v) is 0.440. The highest BCUT2D eigenvalue weighted by Gasteiger charge is 1.95. The minimum Gasteiger partial charge on any atom is -0.438 e. The van der Waals surface area contributed by atoms with Gasteiger partial charge in [0.2, 0.25) is 0 Å². The molecule has 0 rings (SSSR count). The third-order valence-electron chi connectivity index (χ3n) is 0.396. The third-order valence-corrected chi connectivity index (χ3v) is 0.936. The lowest BCUT2D eigenvalue weighted by molar-refractivity contribution is 0.0882. The number of ether oxygens (including phenoxy) is 2.